The van der Waals surface area contributed by atoms with Crippen LogP contribution in [-0.2, 0) is 16.1 Å². The molecule has 3 N–H and O–H groups in total. The van der Waals surface area contributed by atoms with Gasteiger partial charge in [0, 0.05) is 24.9 Å². The van der Waals surface area contributed by atoms with Gasteiger partial charge in [-0.1, -0.05) is 6.07 Å². The van der Waals surface area contributed by atoms with Crippen molar-refractivity contribution < 1.29 is 14.3 Å². The van der Waals surface area contributed by atoms with Crippen molar-refractivity contribution in [1.29, 1.82) is 0 Å². The van der Waals surface area contributed by atoms with Crippen molar-refractivity contribution in [3.05, 3.63) is 35.2 Å². The first kappa shape index (κ1) is 22.0. The van der Waals surface area contributed by atoms with E-state index < -0.39 is 6.09 Å². The van der Waals surface area contributed by atoms with Gasteiger partial charge in [-0.25, -0.2) is 9.78 Å². The third-order valence-electron chi connectivity index (χ3n) is 5.29. The Morgan fingerprint density at radius 1 is 1.30 bits per heavy atom. The zero-order valence-corrected chi connectivity index (χ0v) is 18.0. The van der Waals surface area contributed by atoms with Crippen LogP contribution in [0.15, 0.2) is 18.2 Å². The number of aromatic amines is 1. The Balaban J connectivity index is 1.63. The number of anilines is 2. The van der Waals surface area contributed by atoms with E-state index in [1.807, 2.05) is 19.1 Å². The SMILES string of the molecule is COC(=O)NCCCOCc1nc(Nc2cc(C)[nH]n2)ccc1C1CCN(C)CC1. The van der Waals surface area contributed by atoms with E-state index in [4.69, 9.17) is 9.72 Å². The molecule has 0 saturated carbocycles. The summed E-state index contributed by atoms with van der Waals surface area (Å²) in [7, 11) is 3.52. The number of aryl methyl sites for hydroxylation is 1. The van der Waals surface area contributed by atoms with E-state index in [0.717, 1.165) is 49.0 Å². The second-order valence-corrected chi connectivity index (χ2v) is 7.70. The van der Waals surface area contributed by atoms with E-state index in [2.05, 4.69) is 43.6 Å². The number of pyridine rings is 1. The van der Waals surface area contributed by atoms with Crippen LogP contribution in [0.4, 0.5) is 16.4 Å². The maximum Gasteiger partial charge on any atom is 0.406 e. The minimum atomic E-state index is -0.423. The summed E-state index contributed by atoms with van der Waals surface area (Å²) in [4.78, 5) is 18.3. The largest absolute Gasteiger partial charge is 0.453 e. The lowest BCUT2D eigenvalue weighted by atomic mass is 9.88. The molecule has 9 heteroatoms. The summed E-state index contributed by atoms with van der Waals surface area (Å²) in [5, 5.41) is 13.1. The Hall–Kier alpha value is -2.65. The fraction of sp³-hybridized carbons (Fsp3) is 0.571. The van der Waals surface area contributed by atoms with Crippen LogP contribution in [0, 0.1) is 6.92 Å². The van der Waals surface area contributed by atoms with E-state index in [9.17, 15) is 4.79 Å². The predicted octanol–water partition coefficient (Wildman–Crippen LogP) is 2.93. The molecule has 2 aromatic heterocycles. The molecule has 2 aromatic rings. The van der Waals surface area contributed by atoms with E-state index >= 15 is 0 Å². The van der Waals surface area contributed by atoms with Crippen molar-refractivity contribution in [3.8, 4) is 0 Å². The number of hydrogen-bond donors (Lipinski definition) is 3. The highest BCUT2D eigenvalue weighted by atomic mass is 16.5. The maximum absolute atomic E-state index is 11.1. The third-order valence-corrected chi connectivity index (χ3v) is 5.29. The number of ether oxygens (including phenoxy) is 2. The fourth-order valence-corrected chi connectivity index (χ4v) is 3.61. The highest BCUT2D eigenvalue weighted by Gasteiger charge is 2.22. The molecule has 164 valence electrons. The van der Waals surface area contributed by atoms with Gasteiger partial charge in [0.1, 0.15) is 5.82 Å². The number of H-pyrrole nitrogens is 1. The number of piperidine rings is 1. The lowest BCUT2D eigenvalue weighted by molar-refractivity contribution is 0.113. The van der Waals surface area contributed by atoms with Gasteiger partial charge in [-0.05, 0) is 63.9 Å². The van der Waals surface area contributed by atoms with Gasteiger partial charge in [-0.15, -0.1) is 0 Å². The van der Waals surface area contributed by atoms with Crippen LogP contribution in [-0.4, -0.2) is 66.6 Å². The number of likely N-dealkylation sites (tertiary alicyclic amines) is 1. The summed E-state index contributed by atoms with van der Waals surface area (Å²) in [6, 6.07) is 6.13. The van der Waals surface area contributed by atoms with Crippen molar-refractivity contribution in [1.82, 2.24) is 25.4 Å². The van der Waals surface area contributed by atoms with Gasteiger partial charge in [0.25, 0.3) is 0 Å². The first-order valence-corrected chi connectivity index (χ1v) is 10.4. The lowest BCUT2D eigenvalue weighted by Gasteiger charge is -2.30. The van der Waals surface area contributed by atoms with E-state index in [1.165, 1.54) is 12.7 Å². The Kier molecular flexibility index (Phi) is 8.04. The molecule has 1 aliphatic rings. The van der Waals surface area contributed by atoms with Crippen molar-refractivity contribution in [2.24, 2.45) is 0 Å². The van der Waals surface area contributed by atoms with Crippen LogP contribution >= 0.6 is 0 Å². The summed E-state index contributed by atoms with van der Waals surface area (Å²) in [5.41, 5.74) is 3.21. The number of aromatic nitrogens is 3. The standard InChI is InChI=1S/C21H32N6O3/c1-15-13-20(26-25-15)24-19-6-5-17(16-7-10-27(2)11-8-16)18(23-19)14-30-12-4-9-22-21(28)29-3/h5-6,13,16H,4,7-12,14H2,1-3H3,(H,22,28)(H2,23,24,25,26). The molecular formula is C21H32N6O3. The Morgan fingerprint density at radius 3 is 2.80 bits per heavy atom. The molecule has 0 aliphatic carbocycles. The average Bonchev–Trinajstić information content (AvgIpc) is 3.15. The maximum atomic E-state index is 11.1. The van der Waals surface area contributed by atoms with Gasteiger partial charge < -0.3 is 25.0 Å². The zero-order chi connectivity index (χ0) is 21.3. The number of rotatable bonds is 9. The van der Waals surface area contributed by atoms with E-state index in [-0.39, 0.29) is 0 Å². The zero-order valence-electron chi connectivity index (χ0n) is 18.0. The second kappa shape index (κ2) is 10.9. The van der Waals surface area contributed by atoms with Gasteiger partial charge >= 0.3 is 6.09 Å². The van der Waals surface area contributed by atoms with E-state index in [1.54, 1.807) is 0 Å². The molecular weight excluding hydrogens is 384 g/mol. The first-order chi connectivity index (χ1) is 14.5. The van der Waals surface area contributed by atoms with Crippen molar-refractivity contribution in [3.63, 3.8) is 0 Å². The second-order valence-electron chi connectivity index (χ2n) is 7.70. The number of methoxy groups -OCH3 is 1. The molecule has 0 unspecified atom stereocenters. The molecule has 0 radical (unpaired) electrons. The molecule has 1 fully saturated rings. The Bertz CT molecular complexity index is 817. The normalized spacial score (nSPS) is 15.2. The first-order valence-electron chi connectivity index (χ1n) is 10.4. The Labute approximate surface area is 177 Å². The number of nitrogens with one attached hydrogen (secondary N) is 3. The fourth-order valence-electron chi connectivity index (χ4n) is 3.61. The van der Waals surface area contributed by atoms with Crippen LogP contribution < -0.4 is 10.6 Å². The van der Waals surface area contributed by atoms with Crippen molar-refractivity contribution >= 4 is 17.7 Å². The quantitative estimate of drug-likeness (QED) is 0.540. The smallest absolute Gasteiger partial charge is 0.406 e. The summed E-state index contributed by atoms with van der Waals surface area (Å²) in [6.07, 6.45) is 2.54. The van der Waals surface area contributed by atoms with Gasteiger partial charge in [-0.2, -0.15) is 5.10 Å². The van der Waals surface area contributed by atoms with Crippen molar-refractivity contribution in [2.75, 3.05) is 45.7 Å². The minimum absolute atomic E-state index is 0.423. The van der Waals surface area contributed by atoms with Crippen LogP contribution in [0.2, 0.25) is 0 Å². The highest BCUT2D eigenvalue weighted by Crippen LogP contribution is 2.31. The molecule has 0 spiro atoms. The number of alkyl carbamates (subject to hydrolysis) is 1. The van der Waals surface area contributed by atoms with Gasteiger partial charge in [-0.3, -0.25) is 5.10 Å². The van der Waals surface area contributed by atoms with Crippen LogP contribution in [0.5, 0.6) is 0 Å². The number of amides is 1. The number of carbonyl (C=O) groups is 1. The molecule has 1 saturated heterocycles. The molecule has 30 heavy (non-hydrogen) atoms. The highest BCUT2D eigenvalue weighted by molar-refractivity contribution is 5.66. The Morgan fingerprint density at radius 2 is 2.10 bits per heavy atom. The molecule has 3 heterocycles. The summed E-state index contributed by atoms with van der Waals surface area (Å²) in [5.74, 6) is 1.99. The van der Waals surface area contributed by atoms with Gasteiger partial charge in [0.2, 0.25) is 0 Å². The molecule has 0 aromatic carbocycles. The molecule has 3 rings (SSSR count). The summed E-state index contributed by atoms with van der Waals surface area (Å²) < 4.78 is 10.4. The van der Waals surface area contributed by atoms with Gasteiger partial charge in [0.15, 0.2) is 5.82 Å². The van der Waals surface area contributed by atoms with Crippen LogP contribution in [0.3, 0.4) is 0 Å². The van der Waals surface area contributed by atoms with Crippen LogP contribution in [0.1, 0.15) is 42.1 Å². The van der Waals surface area contributed by atoms with Crippen molar-refractivity contribution in [2.45, 2.75) is 38.7 Å². The number of carbonyl (C=O) groups excluding carboxylic acids is 1. The summed E-state index contributed by atoms with van der Waals surface area (Å²) in [6.45, 7) is 5.64. The predicted molar refractivity (Wildman–Crippen MR) is 115 cm³/mol. The molecule has 0 bridgehead atoms. The lowest BCUT2D eigenvalue weighted by Crippen LogP contribution is -2.29. The average molecular weight is 417 g/mol. The molecule has 1 amide bonds. The van der Waals surface area contributed by atoms with Crippen LogP contribution in [0.25, 0.3) is 0 Å². The topological polar surface area (TPSA) is 104 Å². The molecule has 1 aliphatic heterocycles. The molecule has 0 atom stereocenters. The third kappa shape index (κ3) is 6.43. The van der Waals surface area contributed by atoms with Gasteiger partial charge in [0.05, 0.1) is 19.4 Å². The number of nitrogens with zero attached hydrogens (tertiary/aromatic N) is 3. The monoisotopic (exact) mass is 416 g/mol. The minimum Gasteiger partial charge on any atom is -0.453 e. The van der Waals surface area contributed by atoms with E-state index in [0.29, 0.717) is 32.1 Å². The molecule has 9 nitrogen and oxygen atoms in total. The summed E-state index contributed by atoms with van der Waals surface area (Å²) >= 11 is 0. The number of hydrogen-bond acceptors (Lipinski definition) is 7.